The second kappa shape index (κ2) is 41.8. The minimum atomic E-state index is -1.03. The van der Waals surface area contributed by atoms with E-state index in [9.17, 15) is 75.1 Å². The van der Waals surface area contributed by atoms with Crippen LogP contribution in [0.4, 0.5) is 63.3 Å². The van der Waals surface area contributed by atoms with Crippen LogP contribution in [0.1, 0.15) is 174 Å². The van der Waals surface area contributed by atoms with Crippen molar-refractivity contribution in [3.05, 3.63) is 224 Å². The first-order chi connectivity index (χ1) is 64.4. The van der Waals surface area contributed by atoms with Gasteiger partial charge in [0, 0.05) is 187 Å². The number of rotatable bonds is 28. The summed E-state index contributed by atoms with van der Waals surface area (Å²) in [5.41, 5.74) is 10.6. The monoisotopic (exact) mass is 1820 g/mol. The molecule has 2 atom stereocenters. The zero-order chi connectivity index (χ0) is 92.9. The number of carbonyl (C=O) groups is 12. The molecule has 10 heterocycles. The number of nitrogens with zero attached hydrogens (tertiary/aromatic N) is 7. The van der Waals surface area contributed by atoms with Crippen LogP contribution in [0.25, 0.3) is 21.8 Å². The van der Waals surface area contributed by atoms with Gasteiger partial charge in [-0.2, -0.15) is 10.2 Å². The number of hydrogen-bond acceptors (Lipinski definition) is 23. The lowest BCUT2D eigenvalue weighted by atomic mass is 10.0. The molecule has 33 nitrogen and oxygen atoms in total. The van der Waals surface area contributed by atoms with Crippen LogP contribution in [-0.2, 0) is 51.1 Å². The van der Waals surface area contributed by atoms with Crippen LogP contribution in [0.2, 0.25) is 0 Å². The van der Waals surface area contributed by atoms with Crippen molar-refractivity contribution in [3.63, 3.8) is 0 Å². The maximum absolute atomic E-state index is 14.0. The van der Waals surface area contributed by atoms with Crippen molar-refractivity contribution in [2.75, 3.05) is 134 Å². The van der Waals surface area contributed by atoms with E-state index in [0.29, 0.717) is 166 Å². The summed E-state index contributed by atoms with van der Waals surface area (Å²) in [6.45, 7) is 9.67. The number of piperidine rings is 2. The average Bonchev–Trinajstić information content (AvgIpc) is 1.55. The first kappa shape index (κ1) is 91.8. The molecule has 0 spiro atoms. The van der Waals surface area contributed by atoms with Crippen molar-refractivity contribution < 1.29 is 89.7 Å². The molecule has 6 saturated heterocycles. The Bertz CT molecular complexity index is 6120. The zero-order valence-electron chi connectivity index (χ0n) is 72.7. The van der Waals surface area contributed by atoms with E-state index in [2.05, 4.69) is 84.1 Å². The summed E-state index contributed by atoms with van der Waals surface area (Å²) >= 11 is 0. The number of anilines is 8. The van der Waals surface area contributed by atoms with E-state index in [0.717, 1.165) is 113 Å². The number of carbonyl (C=O) groups excluding carboxylic acids is 11. The molecule has 0 aliphatic carbocycles. The maximum atomic E-state index is 14.0. The van der Waals surface area contributed by atoms with Crippen molar-refractivity contribution in [3.8, 4) is 0 Å². The van der Waals surface area contributed by atoms with Crippen LogP contribution in [0.3, 0.4) is 0 Å². The van der Waals surface area contributed by atoms with Gasteiger partial charge in [0.1, 0.15) is 35.4 Å². The van der Waals surface area contributed by atoms with Crippen LogP contribution in [-0.4, -0.2) is 227 Å². The summed E-state index contributed by atoms with van der Waals surface area (Å²) in [7, 11) is 0. The highest BCUT2D eigenvalue weighted by molar-refractivity contribution is 6.25. The minimum absolute atomic E-state index is 0.0510. The van der Waals surface area contributed by atoms with Crippen molar-refractivity contribution >= 4 is 139 Å². The van der Waals surface area contributed by atoms with Gasteiger partial charge < -0.3 is 66.5 Å². The Morgan fingerprint density at radius 2 is 0.857 bits per heavy atom. The molecule has 37 heteroatoms. The molecule has 12 N–H and O–H groups in total. The molecule has 11 amide bonds. The fourth-order valence-corrected chi connectivity index (χ4v) is 17.7. The zero-order valence-corrected chi connectivity index (χ0v) is 72.7. The standard InChI is InChI=1S/C48H49F2N9O7.C30H32F2N6O2.C18H19N3O6/c49-30-22-29(23-31(50)25-30)21-28-4-9-39-38(24-28)44(56-55-39)54-45(62)36-8-6-34(27-40(36)52-32-12-19-66-20-13-32)57-15-17-58(18-16-57)43(61)3-1-2-14-51-33-5-7-35-37(26-33)48(65)59(47(35)64)41-10-11-42(60)53-46(41)63;31-21-14-20(15-22(32)17-21)13-19-1-4-27-26(16-19)29(37-36-27)35-30(39)25-3-2-24(38-9-7-33-8-10-38)18-28(25)34-23-5-11-40-12-6-23;22-14-7-6-13(16(25)20-14)21-17(26)11-5-4-10(9-12(11)18(21)27)19-8-2-1-3-15(23)24/h4-9,22-27,32,41,51-52H,1-3,10-21H2,(H,53,60,63)(H2,54,55,56,62);1-4,14-18,23,33-34H,5-13H2,(H2,35,36,37,39);4-5,9,13,19H,1-3,6-8H2,(H,23,24)(H,20,22,25). The van der Waals surface area contributed by atoms with Gasteiger partial charge >= 0.3 is 5.97 Å². The number of fused-ring (bicyclic) bond motifs is 4. The highest BCUT2D eigenvalue weighted by Crippen LogP contribution is 2.37. The Morgan fingerprint density at radius 3 is 1.29 bits per heavy atom. The Labute approximate surface area is 760 Å². The van der Waals surface area contributed by atoms with E-state index in [4.69, 9.17) is 14.6 Å². The number of aromatic nitrogens is 4. The van der Waals surface area contributed by atoms with E-state index in [1.165, 1.54) is 30.3 Å². The van der Waals surface area contributed by atoms with E-state index < -0.39 is 88.6 Å². The quantitative estimate of drug-likeness (QED) is 0.0123. The molecule has 0 saturated carbocycles. The lowest BCUT2D eigenvalue weighted by Gasteiger charge is -2.36. The van der Waals surface area contributed by atoms with E-state index in [1.807, 2.05) is 65.6 Å². The number of aliphatic carboxylic acids is 1. The van der Waals surface area contributed by atoms with Gasteiger partial charge in [-0.05, 0) is 221 Å². The third-order valence-electron chi connectivity index (χ3n) is 24.7. The molecule has 2 aromatic heterocycles. The number of aromatic amines is 2. The molecule has 8 aliphatic rings. The molecule has 8 aliphatic heterocycles. The number of carboxylic acids is 1. The molecule has 133 heavy (non-hydrogen) atoms. The molecule has 2 unspecified atom stereocenters. The van der Waals surface area contributed by atoms with Gasteiger partial charge in [-0.1, -0.05) is 12.1 Å². The predicted molar refractivity (Wildman–Crippen MR) is 487 cm³/mol. The number of amides is 11. The number of piperazine rings is 2. The highest BCUT2D eigenvalue weighted by Gasteiger charge is 2.47. The van der Waals surface area contributed by atoms with Crippen LogP contribution < -0.4 is 57.7 Å². The van der Waals surface area contributed by atoms with Crippen LogP contribution in [0.5, 0.6) is 0 Å². The predicted octanol–water partition coefficient (Wildman–Crippen LogP) is 11.0. The Kier molecular flexibility index (Phi) is 28.8. The minimum Gasteiger partial charge on any atom is -0.481 e. The third-order valence-corrected chi connectivity index (χ3v) is 24.7. The molecule has 8 aromatic carbocycles. The normalized spacial score (nSPS) is 17.6. The molecule has 6 fully saturated rings. The van der Waals surface area contributed by atoms with Crippen LogP contribution in [0, 0.1) is 23.3 Å². The summed E-state index contributed by atoms with van der Waals surface area (Å²) in [4.78, 5) is 158. The molecule has 0 bridgehead atoms. The molecule has 18 rings (SSSR count). The number of H-pyrrole nitrogens is 2. The van der Waals surface area contributed by atoms with Crippen molar-refractivity contribution in [1.82, 2.24) is 51.0 Å². The molecular formula is C96H100F4N18O15. The molecule has 10 aromatic rings. The van der Waals surface area contributed by atoms with Gasteiger partial charge in [0.2, 0.25) is 29.5 Å². The summed E-state index contributed by atoms with van der Waals surface area (Å²) in [5, 5.41) is 51.9. The lowest BCUT2D eigenvalue weighted by Crippen LogP contribution is -2.54. The lowest BCUT2D eigenvalue weighted by molar-refractivity contribution is -0.138. The second-order valence-corrected chi connectivity index (χ2v) is 33.9. The number of nitrogens with one attached hydrogen (secondary N) is 11. The number of benzene rings is 8. The largest absolute Gasteiger partial charge is 0.481 e. The highest BCUT2D eigenvalue weighted by atomic mass is 19.1. The van der Waals surface area contributed by atoms with Gasteiger partial charge in [-0.25, -0.2) is 17.6 Å². The summed E-state index contributed by atoms with van der Waals surface area (Å²) in [5.74, 6) is -7.55. The van der Waals surface area contributed by atoms with Gasteiger partial charge in [0.25, 0.3) is 35.4 Å². The number of halogens is 4. The Balaban J connectivity index is 0.000000162. The number of unbranched alkanes of at least 4 members (excludes halogenated alkanes) is 2. The first-order valence-electron chi connectivity index (χ1n) is 44.7. The van der Waals surface area contributed by atoms with Crippen molar-refractivity contribution in [2.24, 2.45) is 0 Å². The third kappa shape index (κ3) is 22.3. The van der Waals surface area contributed by atoms with E-state index >= 15 is 0 Å². The number of carboxylic acid groups (broad SMARTS) is 1. The smallest absolute Gasteiger partial charge is 0.303 e. The number of hydrogen-bond donors (Lipinski definition) is 12. The van der Waals surface area contributed by atoms with Crippen LogP contribution in [0.15, 0.2) is 146 Å². The molecule has 692 valence electrons. The van der Waals surface area contributed by atoms with Gasteiger partial charge in [-0.3, -0.25) is 88.2 Å². The van der Waals surface area contributed by atoms with Gasteiger partial charge in [0.05, 0.1) is 44.4 Å². The Morgan fingerprint density at radius 1 is 0.436 bits per heavy atom. The van der Waals surface area contributed by atoms with Gasteiger partial charge in [-0.15, -0.1) is 0 Å². The number of ether oxygens (including phenoxy) is 2. The maximum Gasteiger partial charge on any atom is 0.303 e. The Hall–Kier alpha value is -14.5. The second-order valence-electron chi connectivity index (χ2n) is 33.9. The van der Waals surface area contributed by atoms with E-state index in [1.54, 1.807) is 36.4 Å². The topological polar surface area (TPSA) is 425 Å². The molecule has 0 radical (unpaired) electrons. The molecular weight excluding hydrogens is 1720 g/mol. The van der Waals surface area contributed by atoms with Gasteiger partial charge in [0.15, 0.2) is 11.6 Å². The first-order valence-corrected chi connectivity index (χ1v) is 44.7. The summed E-state index contributed by atoms with van der Waals surface area (Å²) in [6, 6.07) is 37.6. The SMILES string of the molecule is O=C(Nc1n[nH]c2ccc(Cc3cc(F)cc(F)c3)cc12)c1ccc(N2CCNCC2)cc1NC1CCOCC1.O=C(O)CCCCNc1ccc2c(c1)C(=O)N(C1CCC(=O)NC1=O)C2=O.O=C1CCC(N2C(=O)c3ccc(NCCCCC(=O)N4CCN(c5ccc(C(=O)Nc6n[nH]c7ccc(Cc8cc(F)cc(F)c8)cc67)c(NC6CCOCC6)c5)CC4)cc3C2=O)C(=O)N1. The van der Waals surface area contributed by atoms with E-state index in [-0.39, 0.29) is 90.6 Å². The van der Waals surface area contributed by atoms with Crippen molar-refractivity contribution in [2.45, 2.75) is 127 Å². The average molecular weight is 1820 g/mol. The fraction of sp³-hybridized carbons (Fsp3) is 0.354. The summed E-state index contributed by atoms with van der Waals surface area (Å²) in [6.07, 6.45) is 7.29. The van der Waals surface area contributed by atoms with Crippen LogP contribution >= 0.6 is 0 Å². The fourth-order valence-electron chi connectivity index (χ4n) is 17.7. The summed E-state index contributed by atoms with van der Waals surface area (Å²) < 4.78 is 66.3. The van der Waals surface area contributed by atoms with Crippen molar-refractivity contribution in [1.29, 1.82) is 0 Å². The number of imide groups is 4.